The van der Waals surface area contributed by atoms with Gasteiger partial charge in [0.25, 0.3) is 0 Å². The molecule has 18 heavy (non-hydrogen) atoms. The Morgan fingerprint density at radius 2 is 1.67 bits per heavy atom. The van der Waals surface area contributed by atoms with E-state index in [-0.39, 0.29) is 0 Å². The summed E-state index contributed by atoms with van der Waals surface area (Å²) >= 11 is 0. The maximum absolute atomic E-state index is 9.86. The van der Waals surface area contributed by atoms with Crippen LogP contribution in [0.4, 0.5) is 5.69 Å². The van der Waals surface area contributed by atoms with Gasteiger partial charge in [0.05, 0.1) is 5.60 Å². The molecule has 0 fully saturated rings. The lowest BCUT2D eigenvalue weighted by molar-refractivity contribution is 0.0886. The van der Waals surface area contributed by atoms with Crippen molar-refractivity contribution >= 4 is 16.5 Å². The summed E-state index contributed by atoms with van der Waals surface area (Å²) in [6, 6.07) is 12.9. The van der Waals surface area contributed by atoms with Crippen LogP contribution in [0.3, 0.4) is 0 Å². The zero-order chi connectivity index (χ0) is 13.3. The Kier molecular flexibility index (Phi) is 3.31. The Morgan fingerprint density at radius 3 is 2.33 bits per heavy atom. The van der Waals surface area contributed by atoms with Gasteiger partial charge < -0.3 is 10.0 Å². The van der Waals surface area contributed by atoms with E-state index in [9.17, 15) is 5.11 Å². The second-order valence-corrected chi connectivity index (χ2v) is 5.70. The number of hydrogen-bond donors (Lipinski definition) is 1. The van der Waals surface area contributed by atoms with Crippen molar-refractivity contribution in [3.8, 4) is 0 Å². The van der Waals surface area contributed by atoms with Crippen molar-refractivity contribution in [2.75, 3.05) is 18.5 Å². The smallest absolute Gasteiger partial charge is 0.0765 e. The summed E-state index contributed by atoms with van der Waals surface area (Å²) in [5.41, 5.74) is 1.73. The van der Waals surface area contributed by atoms with Gasteiger partial charge in [-0.1, -0.05) is 29.8 Å². The lowest BCUT2D eigenvalue weighted by Crippen LogP contribution is -2.36. The minimum Gasteiger partial charge on any atom is -0.389 e. The molecule has 0 atom stereocenters. The van der Waals surface area contributed by atoms with Gasteiger partial charge in [-0.3, -0.25) is 0 Å². The van der Waals surface area contributed by atoms with E-state index in [0.717, 1.165) is 5.69 Å². The number of benzene rings is 2. The van der Waals surface area contributed by atoms with Crippen LogP contribution in [-0.2, 0) is 0 Å². The van der Waals surface area contributed by atoms with Gasteiger partial charge in [-0.05, 0) is 43.7 Å². The van der Waals surface area contributed by atoms with Gasteiger partial charge in [-0.15, -0.1) is 0 Å². The molecular weight excluding hydrogens is 222 g/mol. The number of fused-ring (bicyclic) bond motifs is 1. The van der Waals surface area contributed by atoms with Crippen LogP contribution in [0.5, 0.6) is 0 Å². The van der Waals surface area contributed by atoms with E-state index in [4.69, 9.17) is 0 Å². The highest BCUT2D eigenvalue weighted by Gasteiger charge is 2.15. The van der Waals surface area contributed by atoms with E-state index in [1.807, 2.05) is 20.9 Å². The molecule has 0 aliphatic heterocycles. The van der Waals surface area contributed by atoms with Crippen molar-refractivity contribution in [3.63, 3.8) is 0 Å². The summed E-state index contributed by atoms with van der Waals surface area (Å²) in [4.78, 5) is 2.08. The van der Waals surface area contributed by atoms with Crippen LogP contribution in [0.15, 0.2) is 36.4 Å². The Labute approximate surface area is 109 Å². The maximum Gasteiger partial charge on any atom is 0.0765 e. The highest BCUT2D eigenvalue weighted by molar-refractivity contribution is 5.86. The third kappa shape index (κ3) is 3.02. The summed E-state index contributed by atoms with van der Waals surface area (Å²) < 4.78 is 0. The fraction of sp³-hybridized carbons (Fsp3) is 0.375. The number of aliphatic hydroxyl groups is 1. The van der Waals surface area contributed by atoms with Crippen LogP contribution in [-0.4, -0.2) is 24.3 Å². The minimum absolute atomic E-state index is 0.615. The van der Waals surface area contributed by atoms with E-state index in [1.54, 1.807) is 0 Å². The number of anilines is 1. The lowest BCUT2D eigenvalue weighted by Gasteiger charge is -2.27. The van der Waals surface area contributed by atoms with Gasteiger partial charge in [0.2, 0.25) is 0 Å². The first-order valence-electron chi connectivity index (χ1n) is 6.29. The predicted octanol–water partition coefficient (Wildman–Crippen LogP) is 3.36. The second-order valence-electron chi connectivity index (χ2n) is 5.70. The van der Waals surface area contributed by atoms with Crippen molar-refractivity contribution < 1.29 is 5.11 Å². The average Bonchev–Trinajstić information content (AvgIpc) is 2.26. The molecule has 0 amide bonds. The van der Waals surface area contributed by atoms with Crippen LogP contribution >= 0.6 is 0 Å². The van der Waals surface area contributed by atoms with Crippen molar-refractivity contribution in [3.05, 3.63) is 42.0 Å². The minimum atomic E-state index is -0.684. The van der Waals surface area contributed by atoms with E-state index < -0.39 is 5.60 Å². The van der Waals surface area contributed by atoms with Crippen molar-refractivity contribution in [2.45, 2.75) is 26.4 Å². The van der Waals surface area contributed by atoms with E-state index in [2.05, 4.69) is 48.2 Å². The molecule has 0 spiro atoms. The topological polar surface area (TPSA) is 23.5 Å². The standard InChI is InChI=1S/C16H21NO/c1-12-5-6-14-10-15(8-7-13(14)9-12)17(4)11-16(2,3)18/h5-10,18H,11H2,1-4H3. The summed E-state index contributed by atoms with van der Waals surface area (Å²) in [7, 11) is 2.01. The molecule has 2 nitrogen and oxygen atoms in total. The number of rotatable bonds is 3. The van der Waals surface area contributed by atoms with Crippen molar-refractivity contribution in [1.29, 1.82) is 0 Å². The second kappa shape index (κ2) is 4.62. The van der Waals surface area contributed by atoms with Gasteiger partial charge in [-0.25, -0.2) is 0 Å². The SMILES string of the molecule is Cc1ccc2cc(N(C)CC(C)(C)O)ccc2c1. The molecular formula is C16H21NO. The highest BCUT2D eigenvalue weighted by Crippen LogP contribution is 2.23. The molecule has 0 aliphatic carbocycles. The van der Waals surface area contributed by atoms with Crippen molar-refractivity contribution in [1.82, 2.24) is 0 Å². The molecule has 0 radical (unpaired) electrons. The van der Waals surface area contributed by atoms with Gasteiger partial charge >= 0.3 is 0 Å². The molecule has 1 N–H and O–H groups in total. The molecule has 0 aliphatic rings. The first kappa shape index (κ1) is 12.9. The first-order valence-corrected chi connectivity index (χ1v) is 6.29. The molecule has 0 aromatic heterocycles. The predicted molar refractivity (Wildman–Crippen MR) is 78.3 cm³/mol. The first-order chi connectivity index (χ1) is 8.35. The molecule has 2 aromatic rings. The van der Waals surface area contributed by atoms with Crippen molar-refractivity contribution in [2.24, 2.45) is 0 Å². The normalized spacial score (nSPS) is 11.8. The lowest BCUT2D eigenvalue weighted by atomic mass is 10.1. The highest BCUT2D eigenvalue weighted by atomic mass is 16.3. The van der Waals surface area contributed by atoms with E-state index in [1.165, 1.54) is 16.3 Å². The molecule has 0 bridgehead atoms. The summed E-state index contributed by atoms with van der Waals surface area (Å²) in [5.74, 6) is 0. The number of aryl methyl sites for hydroxylation is 1. The third-order valence-corrected chi connectivity index (χ3v) is 3.04. The van der Waals surface area contributed by atoms with Crippen LogP contribution in [0.25, 0.3) is 10.8 Å². The fourth-order valence-electron chi connectivity index (χ4n) is 2.26. The van der Waals surface area contributed by atoms with Crippen LogP contribution < -0.4 is 4.90 Å². The molecule has 2 heteroatoms. The van der Waals surface area contributed by atoms with Crippen LogP contribution in [0.2, 0.25) is 0 Å². The maximum atomic E-state index is 9.86. The van der Waals surface area contributed by atoms with Gasteiger partial charge in [0.15, 0.2) is 0 Å². The monoisotopic (exact) mass is 243 g/mol. The van der Waals surface area contributed by atoms with Gasteiger partial charge in [-0.2, -0.15) is 0 Å². The van der Waals surface area contributed by atoms with Gasteiger partial charge in [0, 0.05) is 19.3 Å². The van der Waals surface area contributed by atoms with Gasteiger partial charge in [0.1, 0.15) is 0 Å². The third-order valence-electron chi connectivity index (χ3n) is 3.04. The fourth-order valence-corrected chi connectivity index (χ4v) is 2.26. The summed E-state index contributed by atoms with van der Waals surface area (Å²) in [6.07, 6.45) is 0. The Bertz CT molecular complexity index is 555. The Hall–Kier alpha value is -1.54. The molecule has 0 saturated carbocycles. The zero-order valence-electron chi connectivity index (χ0n) is 11.6. The van der Waals surface area contributed by atoms with Crippen LogP contribution in [0, 0.1) is 6.92 Å². The summed E-state index contributed by atoms with van der Waals surface area (Å²) in [5, 5.41) is 12.4. The molecule has 2 aromatic carbocycles. The Morgan fingerprint density at radius 1 is 1.06 bits per heavy atom. The molecule has 2 rings (SSSR count). The molecule has 96 valence electrons. The number of hydrogen-bond acceptors (Lipinski definition) is 2. The number of likely N-dealkylation sites (N-methyl/N-ethyl adjacent to an activating group) is 1. The molecule has 0 unspecified atom stereocenters. The molecule has 0 heterocycles. The van der Waals surface area contributed by atoms with E-state index >= 15 is 0 Å². The average molecular weight is 243 g/mol. The largest absolute Gasteiger partial charge is 0.389 e. The number of nitrogens with zero attached hydrogens (tertiary/aromatic N) is 1. The Balaban J connectivity index is 2.32. The zero-order valence-corrected chi connectivity index (χ0v) is 11.6. The van der Waals surface area contributed by atoms with E-state index in [0.29, 0.717) is 6.54 Å². The quantitative estimate of drug-likeness (QED) is 0.893. The summed E-state index contributed by atoms with van der Waals surface area (Å²) in [6.45, 7) is 6.37. The molecule has 0 saturated heterocycles. The van der Waals surface area contributed by atoms with Crippen LogP contribution in [0.1, 0.15) is 19.4 Å².